The van der Waals surface area contributed by atoms with Gasteiger partial charge in [-0.05, 0) is 52.4 Å². The summed E-state index contributed by atoms with van der Waals surface area (Å²) < 4.78 is 36.2. The van der Waals surface area contributed by atoms with Gasteiger partial charge in [0.2, 0.25) is 0 Å². The molecule has 13 heteroatoms. The van der Waals surface area contributed by atoms with E-state index in [1.807, 2.05) is 20.2 Å². The Kier molecular flexibility index (Phi) is 7.05. The van der Waals surface area contributed by atoms with Crippen molar-refractivity contribution < 1.29 is 17.9 Å². The quantitative estimate of drug-likeness (QED) is 0.457. The van der Waals surface area contributed by atoms with Gasteiger partial charge >= 0.3 is 6.09 Å². The van der Waals surface area contributed by atoms with Gasteiger partial charge in [0.05, 0.1) is 12.4 Å². The van der Waals surface area contributed by atoms with Crippen LogP contribution in [0.1, 0.15) is 77.1 Å². The smallest absolute Gasteiger partial charge is 0.407 e. The minimum Gasteiger partial charge on any atom is -0.447 e. The third kappa shape index (κ3) is 5.42. The molecule has 0 unspecified atom stereocenters. The number of anilines is 1. The van der Waals surface area contributed by atoms with E-state index in [1.54, 1.807) is 6.92 Å². The minimum absolute atomic E-state index is 0.0455. The van der Waals surface area contributed by atoms with Gasteiger partial charge in [0.25, 0.3) is 10.2 Å². The Morgan fingerprint density at radius 2 is 1.97 bits per heavy atom. The summed E-state index contributed by atoms with van der Waals surface area (Å²) in [7, 11) is -3.47. The van der Waals surface area contributed by atoms with Gasteiger partial charge in [-0.25, -0.2) is 24.5 Å². The lowest BCUT2D eigenvalue weighted by Gasteiger charge is -2.18. The maximum absolute atomic E-state index is 12.4. The molecule has 198 valence electrons. The van der Waals surface area contributed by atoms with Crippen molar-refractivity contribution in [1.82, 2.24) is 33.9 Å². The Bertz CT molecular complexity index is 1210. The first-order valence-corrected chi connectivity index (χ1v) is 14.4. The lowest BCUT2D eigenvalue weighted by atomic mass is 10.2. The van der Waals surface area contributed by atoms with Gasteiger partial charge in [-0.15, -0.1) is 0 Å². The van der Waals surface area contributed by atoms with E-state index in [4.69, 9.17) is 14.7 Å². The highest BCUT2D eigenvalue weighted by Gasteiger charge is 2.34. The van der Waals surface area contributed by atoms with Crippen molar-refractivity contribution in [2.24, 2.45) is 0 Å². The number of carbonyl (C=O) groups excluding carboxylic acids is 1. The molecule has 12 nitrogen and oxygen atoms in total. The molecule has 36 heavy (non-hydrogen) atoms. The molecular weight excluding hydrogens is 484 g/mol. The largest absolute Gasteiger partial charge is 0.447 e. The van der Waals surface area contributed by atoms with E-state index in [2.05, 4.69) is 24.9 Å². The van der Waals surface area contributed by atoms with Crippen molar-refractivity contribution in [2.45, 2.75) is 89.4 Å². The van der Waals surface area contributed by atoms with E-state index in [1.165, 1.54) is 4.31 Å². The molecule has 2 aliphatic carbocycles. The van der Waals surface area contributed by atoms with E-state index < -0.39 is 10.2 Å². The summed E-state index contributed by atoms with van der Waals surface area (Å²) in [5.41, 5.74) is 1.49. The molecule has 5 rings (SSSR count). The standard InChI is InChI=1S/C23H36N8O4S/c1-4-25-36(33,34)30-10-9-17(12-30)26-21-19-22(29-20(28-21)15-5-6-15)31(13-24-19)18-8-7-16(11-18)27-23(32)35-14(2)3/h13-18,25H,4-12H2,1-3H3,(H,27,32)(H,26,28,29)/t16-,17-,18+/m0/s1. The number of carbonyl (C=O) groups is 1. The number of ether oxygens (including phenoxy) is 1. The second-order valence-electron chi connectivity index (χ2n) is 10.3. The Balaban J connectivity index is 1.34. The number of fused-ring (bicyclic) bond motifs is 1. The second-order valence-corrected chi connectivity index (χ2v) is 12.0. The minimum atomic E-state index is -3.47. The average Bonchev–Trinajstić information content (AvgIpc) is 3.16. The number of nitrogens with one attached hydrogen (secondary N) is 3. The van der Waals surface area contributed by atoms with Crippen molar-refractivity contribution in [3.63, 3.8) is 0 Å². The van der Waals surface area contributed by atoms with Gasteiger partial charge in [-0.3, -0.25) is 0 Å². The zero-order chi connectivity index (χ0) is 25.4. The van der Waals surface area contributed by atoms with Gasteiger partial charge in [-0.2, -0.15) is 12.7 Å². The maximum Gasteiger partial charge on any atom is 0.407 e. The second kappa shape index (κ2) is 10.1. The van der Waals surface area contributed by atoms with Gasteiger partial charge < -0.3 is 19.9 Å². The predicted molar refractivity (Wildman–Crippen MR) is 135 cm³/mol. The molecule has 1 saturated heterocycles. The zero-order valence-corrected chi connectivity index (χ0v) is 21.9. The molecule has 3 N–H and O–H groups in total. The third-order valence-electron chi connectivity index (χ3n) is 7.00. The van der Waals surface area contributed by atoms with Crippen LogP contribution in [-0.2, 0) is 14.9 Å². The molecule has 0 radical (unpaired) electrons. The molecule has 0 spiro atoms. The number of rotatable bonds is 9. The first-order chi connectivity index (χ1) is 17.2. The molecule has 2 saturated carbocycles. The number of nitrogens with zero attached hydrogens (tertiary/aromatic N) is 5. The Hall–Kier alpha value is -2.51. The summed E-state index contributed by atoms with van der Waals surface area (Å²) in [4.78, 5) is 26.4. The number of hydrogen-bond donors (Lipinski definition) is 3. The highest BCUT2D eigenvalue weighted by molar-refractivity contribution is 7.87. The monoisotopic (exact) mass is 520 g/mol. The topological polar surface area (TPSA) is 143 Å². The van der Waals surface area contributed by atoms with Crippen LogP contribution in [0.5, 0.6) is 0 Å². The predicted octanol–water partition coefficient (Wildman–Crippen LogP) is 2.27. The van der Waals surface area contributed by atoms with Crippen LogP contribution in [0.4, 0.5) is 10.6 Å². The summed E-state index contributed by atoms with van der Waals surface area (Å²) in [6, 6.07) is 0.159. The van der Waals surface area contributed by atoms with Crippen LogP contribution in [0, 0.1) is 0 Å². The molecule has 3 aliphatic rings. The number of alkyl carbamates (subject to hydrolysis) is 1. The molecule has 0 bridgehead atoms. The van der Waals surface area contributed by atoms with Gasteiger partial charge in [-0.1, -0.05) is 6.92 Å². The van der Waals surface area contributed by atoms with E-state index >= 15 is 0 Å². The summed E-state index contributed by atoms with van der Waals surface area (Å²) >= 11 is 0. The van der Waals surface area contributed by atoms with E-state index in [0.29, 0.717) is 43.3 Å². The molecular formula is C23H36N8O4S. The van der Waals surface area contributed by atoms with Gasteiger partial charge in [0.15, 0.2) is 11.5 Å². The number of hydrogen-bond acceptors (Lipinski definition) is 8. The Morgan fingerprint density at radius 3 is 2.69 bits per heavy atom. The third-order valence-corrected chi connectivity index (χ3v) is 8.67. The van der Waals surface area contributed by atoms with E-state index in [-0.39, 0.29) is 30.3 Å². The highest BCUT2D eigenvalue weighted by Crippen LogP contribution is 2.40. The first kappa shape index (κ1) is 25.2. The Morgan fingerprint density at radius 1 is 1.17 bits per heavy atom. The maximum atomic E-state index is 12.4. The fourth-order valence-electron chi connectivity index (χ4n) is 5.11. The van der Waals surface area contributed by atoms with E-state index in [9.17, 15) is 13.2 Å². The highest BCUT2D eigenvalue weighted by atomic mass is 32.2. The van der Waals surface area contributed by atoms with Crippen LogP contribution in [0.3, 0.4) is 0 Å². The van der Waals surface area contributed by atoms with Gasteiger partial charge in [0.1, 0.15) is 11.3 Å². The Labute approximate surface area is 211 Å². The fourth-order valence-corrected chi connectivity index (χ4v) is 6.38. The molecule has 3 heterocycles. The first-order valence-electron chi connectivity index (χ1n) is 13.0. The van der Waals surface area contributed by atoms with Crippen LogP contribution in [0.25, 0.3) is 11.2 Å². The molecule has 2 aromatic heterocycles. The molecule has 2 aromatic rings. The zero-order valence-electron chi connectivity index (χ0n) is 21.1. The van der Waals surface area contributed by atoms with Crippen LogP contribution in [-0.4, -0.2) is 76.2 Å². The molecule has 1 aliphatic heterocycles. The van der Waals surface area contributed by atoms with Crippen molar-refractivity contribution in [3.8, 4) is 0 Å². The van der Waals surface area contributed by atoms with Crippen molar-refractivity contribution >= 4 is 33.3 Å². The van der Waals surface area contributed by atoms with E-state index in [0.717, 1.165) is 43.6 Å². The van der Waals surface area contributed by atoms with Gasteiger partial charge in [0, 0.05) is 43.7 Å². The molecule has 0 aromatic carbocycles. The lowest BCUT2D eigenvalue weighted by Crippen LogP contribution is -2.40. The molecule has 3 atom stereocenters. The summed E-state index contributed by atoms with van der Waals surface area (Å²) in [6.07, 6.45) is 6.68. The summed E-state index contributed by atoms with van der Waals surface area (Å²) in [6.45, 7) is 6.64. The molecule has 1 amide bonds. The summed E-state index contributed by atoms with van der Waals surface area (Å²) in [5.74, 6) is 1.84. The SMILES string of the molecule is CCNS(=O)(=O)N1CC[C@H](Nc2nc(C3CC3)nc3c2ncn3[C@@H]2CC[C@H](NC(=O)OC(C)C)C2)C1. The summed E-state index contributed by atoms with van der Waals surface area (Å²) in [5, 5.41) is 6.45. The van der Waals surface area contributed by atoms with Crippen molar-refractivity contribution in [3.05, 3.63) is 12.2 Å². The van der Waals surface area contributed by atoms with Crippen LogP contribution in [0.15, 0.2) is 6.33 Å². The fraction of sp³-hybridized carbons (Fsp3) is 0.739. The van der Waals surface area contributed by atoms with Crippen LogP contribution < -0.4 is 15.4 Å². The number of aromatic nitrogens is 4. The van der Waals surface area contributed by atoms with Crippen LogP contribution in [0.2, 0.25) is 0 Å². The number of imidazole rings is 1. The normalized spacial score (nSPS) is 25.1. The molecule has 3 fully saturated rings. The average molecular weight is 521 g/mol. The van der Waals surface area contributed by atoms with Crippen molar-refractivity contribution in [1.29, 1.82) is 0 Å². The lowest BCUT2D eigenvalue weighted by molar-refractivity contribution is 0.112. The van der Waals surface area contributed by atoms with Crippen molar-refractivity contribution in [2.75, 3.05) is 25.0 Å². The van der Waals surface area contributed by atoms with Crippen LogP contribution >= 0.6 is 0 Å². The number of amides is 1.